The molecule has 1 heterocycles. The first-order valence-electron chi connectivity index (χ1n) is 2.84. The van der Waals surface area contributed by atoms with Gasteiger partial charge in [0.25, 0.3) is 0 Å². The maximum absolute atomic E-state index is 10.6. The van der Waals surface area contributed by atoms with Gasteiger partial charge in [0.2, 0.25) is 10.0 Å². The molecule has 10 heavy (non-hydrogen) atoms. The second-order valence-corrected chi connectivity index (χ2v) is 3.63. The molecule has 1 aliphatic heterocycles. The first-order valence-corrected chi connectivity index (χ1v) is 4.39. The van der Waals surface area contributed by atoms with E-state index >= 15 is 0 Å². The van der Waals surface area contributed by atoms with Gasteiger partial charge >= 0.3 is 0 Å². The Labute approximate surface area is 59.5 Å². The lowest BCUT2D eigenvalue weighted by Gasteiger charge is -2.03. The smallest absolute Gasteiger partial charge is 0.235 e. The predicted molar refractivity (Wildman–Crippen MR) is 38.9 cm³/mol. The number of rotatable bonds is 1. The number of hydrogen-bond donors (Lipinski definition) is 1. The summed E-state index contributed by atoms with van der Waals surface area (Å²) in [5.74, 6) is 0. The van der Waals surface area contributed by atoms with Gasteiger partial charge < -0.3 is 0 Å². The van der Waals surface area contributed by atoms with Crippen molar-refractivity contribution in [3.63, 3.8) is 0 Å². The standard InChI is InChI=1S/C5H8N2O2S/c6-10(8,9)5-2-1-3-7-4-5/h3-4H,1-2H2,(H2,6,8,9). The van der Waals surface area contributed by atoms with Crippen LogP contribution in [0.5, 0.6) is 0 Å². The van der Waals surface area contributed by atoms with E-state index in [4.69, 9.17) is 5.14 Å². The van der Waals surface area contributed by atoms with E-state index in [0.717, 1.165) is 0 Å². The molecule has 0 aromatic heterocycles. The van der Waals surface area contributed by atoms with Gasteiger partial charge in [-0.1, -0.05) is 0 Å². The van der Waals surface area contributed by atoms with Crippen LogP contribution in [-0.4, -0.2) is 14.6 Å². The van der Waals surface area contributed by atoms with Crippen LogP contribution in [0, 0.1) is 0 Å². The molecule has 2 N–H and O–H groups in total. The zero-order valence-electron chi connectivity index (χ0n) is 5.32. The summed E-state index contributed by atoms with van der Waals surface area (Å²) in [5.41, 5.74) is 0. The summed E-state index contributed by atoms with van der Waals surface area (Å²) in [6, 6.07) is 0. The molecule has 0 fully saturated rings. The van der Waals surface area contributed by atoms with Crippen LogP contribution < -0.4 is 5.14 Å². The molecule has 56 valence electrons. The van der Waals surface area contributed by atoms with Gasteiger partial charge in [0.05, 0.1) is 4.91 Å². The van der Waals surface area contributed by atoms with Gasteiger partial charge in [-0.2, -0.15) is 0 Å². The number of aliphatic imine (C=N–C) groups is 1. The second-order valence-electron chi connectivity index (χ2n) is 2.01. The van der Waals surface area contributed by atoms with E-state index in [2.05, 4.69) is 4.99 Å². The lowest BCUT2D eigenvalue weighted by atomic mass is 10.3. The number of primary sulfonamides is 1. The SMILES string of the molecule is NS(=O)(=O)C1=CN=CCC1. The Balaban J connectivity index is 2.93. The Morgan fingerprint density at radius 2 is 2.30 bits per heavy atom. The van der Waals surface area contributed by atoms with E-state index in [-0.39, 0.29) is 4.91 Å². The van der Waals surface area contributed by atoms with E-state index in [9.17, 15) is 8.42 Å². The van der Waals surface area contributed by atoms with E-state index in [1.54, 1.807) is 6.21 Å². The Morgan fingerprint density at radius 3 is 2.60 bits per heavy atom. The van der Waals surface area contributed by atoms with Crippen molar-refractivity contribution in [3.05, 3.63) is 11.1 Å². The van der Waals surface area contributed by atoms with Crippen molar-refractivity contribution in [3.8, 4) is 0 Å². The van der Waals surface area contributed by atoms with Crippen molar-refractivity contribution in [2.24, 2.45) is 10.1 Å². The highest BCUT2D eigenvalue weighted by Gasteiger charge is 2.12. The molecule has 5 heteroatoms. The molecule has 0 saturated heterocycles. The van der Waals surface area contributed by atoms with Crippen LogP contribution in [0.1, 0.15) is 12.8 Å². The van der Waals surface area contributed by atoms with E-state index in [1.807, 2.05) is 0 Å². The van der Waals surface area contributed by atoms with Crippen LogP contribution in [0.4, 0.5) is 0 Å². The topological polar surface area (TPSA) is 72.5 Å². The first-order chi connectivity index (χ1) is 4.61. The number of nitrogens with two attached hydrogens (primary N) is 1. The molecular formula is C5H8N2O2S. The lowest BCUT2D eigenvalue weighted by molar-refractivity contribution is 0.601. The molecule has 0 amide bonds. The number of allylic oxidation sites excluding steroid dienone is 1. The van der Waals surface area contributed by atoms with Crippen LogP contribution in [0.2, 0.25) is 0 Å². The monoisotopic (exact) mass is 160 g/mol. The van der Waals surface area contributed by atoms with Gasteiger partial charge in [-0.15, -0.1) is 0 Å². The fraction of sp³-hybridized carbons (Fsp3) is 0.400. The number of nitrogens with zero attached hydrogens (tertiary/aromatic N) is 1. The third kappa shape index (κ3) is 1.65. The van der Waals surface area contributed by atoms with Crippen LogP contribution in [0.3, 0.4) is 0 Å². The van der Waals surface area contributed by atoms with Crippen LogP contribution >= 0.6 is 0 Å². The maximum Gasteiger partial charge on any atom is 0.235 e. The van der Waals surface area contributed by atoms with Crippen molar-refractivity contribution >= 4 is 16.2 Å². The van der Waals surface area contributed by atoms with Gasteiger partial charge in [0, 0.05) is 12.4 Å². The Morgan fingerprint density at radius 1 is 1.60 bits per heavy atom. The molecule has 4 nitrogen and oxygen atoms in total. The summed E-state index contributed by atoms with van der Waals surface area (Å²) in [4.78, 5) is 3.90. The summed E-state index contributed by atoms with van der Waals surface area (Å²) >= 11 is 0. The first kappa shape index (κ1) is 7.43. The normalized spacial score (nSPS) is 18.7. The summed E-state index contributed by atoms with van der Waals surface area (Å²) in [5, 5.41) is 4.84. The minimum atomic E-state index is -3.48. The van der Waals surface area contributed by atoms with Crippen LogP contribution in [0.15, 0.2) is 16.1 Å². The van der Waals surface area contributed by atoms with Gasteiger partial charge in [-0.3, -0.25) is 4.99 Å². The molecule has 0 saturated carbocycles. The largest absolute Gasteiger partial charge is 0.268 e. The minimum Gasteiger partial charge on any atom is -0.268 e. The van der Waals surface area contributed by atoms with Gasteiger partial charge in [0.15, 0.2) is 0 Å². The Kier molecular flexibility index (Phi) is 1.87. The lowest BCUT2D eigenvalue weighted by Crippen LogP contribution is -2.15. The molecule has 0 unspecified atom stereocenters. The average molecular weight is 160 g/mol. The third-order valence-corrected chi connectivity index (χ3v) is 2.25. The fourth-order valence-electron chi connectivity index (χ4n) is 0.697. The Hall–Kier alpha value is -0.680. The summed E-state index contributed by atoms with van der Waals surface area (Å²) in [7, 11) is -3.48. The van der Waals surface area contributed by atoms with Crippen molar-refractivity contribution in [2.45, 2.75) is 12.8 Å². The van der Waals surface area contributed by atoms with Crippen LogP contribution in [0.25, 0.3) is 0 Å². The molecule has 0 aromatic rings. The maximum atomic E-state index is 10.6. The highest BCUT2D eigenvalue weighted by Crippen LogP contribution is 2.12. The van der Waals surface area contributed by atoms with E-state index in [0.29, 0.717) is 12.8 Å². The molecule has 1 rings (SSSR count). The third-order valence-electron chi connectivity index (χ3n) is 1.21. The molecule has 0 aromatic carbocycles. The van der Waals surface area contributed by atoms with Gasteiger partial charge in [-0.05, 0) is 12.8 Å². The van der Waals surface area contributed by atoms with Crippen molar-refractivity contribution in [2.75, 3.05) is 0 Å². The van der Waals surface area contributed by atoms with E-state index < -0.39 is 10.0 Å². The van der Waals surface area contributed by atoms with Crippen molar-refractivity contribution < 1.29 is 8.42 Å². The molecule has 0 bridgehead atoms. The average Bonchev–Trinajstić information content (AvgIpc) is 1.88. The summed E-state index contributed by atoms with van der Waals surface area (Å²) < 4.78 is 21.2. The molecule has 0 spiro atoms. The van der Waals surface area contributed by atoms with Gasteiger partial charge in [0.1, 0.15) is 0 Å². The van der Waals surface area contributed by atoms with Crippen LogP contribution in [-0.2, 0) is 10.0 Å². The Bertz CT molecular complexity index is 276. The number of hydrogen-bond acceptors (Lipinski definition) is 3. The zero-order chi connectivity index (χ0) is 7.61. The molecule has 0 radical (unpaired) electrons. The van der Waals surface area contributed by atoms with Crippen molar-refractivity contribution in [1.29, 1.82) is 0 Å². The summed E-state index contributed by atoms with van der Waals surface area (Å²) in [6.45, 7) is 0. The number of sulfonamides is 1. The quantitative estimate of drug-likeness (QED) is 0.585. The van der Waals surface area contributed by atoms with Crippen molar-refractivity contribution in [1.82, 2.24) is 0 Å². The minimum absolute atomic E-state index is 0.218. The molecule has 1 aliphatic rings. The summed E-state index contributed by atoms with van der Waals surface area (Å²) in [6.07, 6.45) is 4.08. The molecule has 0 atom stereocenters. The highest BCUT2D eigenvalue weighted by molar-refractivity contribution is 7.93. The van der Waals surface area contributed by atoms with Gasteiger partial charge in [-0.25, -0.2) is 13.6 Å². The molecular weight excluding hydrogens is 152 g/mol. The molecule has 0 aliphatic carbocycles. The zero-order valence-corrected chi connectivity index (χ0v) is 6.13. The highest BCUT2D eigenvalue weighted by atomic mass is 32.2. The predicted octanol–water partition coefficient (Wildman–Crippen LogP) is -0.0191. The second kappa shape index (κ2) is 2.51. The van der Waals surface area contributed by atoms with E-state index in [1.165, 1.54) is 6.20 Å². The fourth-order valence-corrected chi connectivity index (χ4v) is 1.31.